The Hall–Kier alpha value is -2.11. The zero-order valence-corrected chi connectivity index (χ0v) is 21.4. The highest BCUT2D eigenvalue weighted by atomic mass is 127. The fourth-order valence-electron chi connectivity index (χ4n) is 2.86. The van der Waals surface area contributed by atoms with Gasteiger partial charge in [0, 0.05) is 57.3 Å². The third-order valence-corrected chi connectivity index (χ3v) is 4.43. The molecule has 1 saturated heterocycles. The Morgan fingerprint density at radius 2 is 1.52 bits per heavy atom. The van der Waals surface area contributed by atoms with E-state index < -0.39 is 5.60 Å². The number of amides is 1. The number of benzene rings is 1. The summed E-state index contributed by atoms with van der Waals surface area (Å²) in [4.78, 5) is 20.2. The minimum absolute atomic E-state index is 0. The van der Waals surface area contributed by atoms with E-state index in [1.165, 1.54) is 0 Å². The number of carbonyl (C=O) groups excluding carboxylic acids is 1. The number of ether oxygens (including phenoxy) is 4. The SMILES string of the molecule is COc1cc(OC)cc(OCCCN=C(N)N2CCN(C(=O)OC(C)(C)C)CC2)c1.I. The summed E-state index contributed by atoms with van der Waals surface area (Å²) >= 11 is 0. The van der Waals surface area contributed by atoms with E-state index in [4.69, 9.17) is 24.7 Å². The van der Waals surface area contributed by atoms with Crippen LogP contribution in [-0.4, -0.2) is 81.0 Å². The van der Waals surface area contributed by atoms with E-state index in [2.05, 4.69) is 4.99 Å². The van der Waals surface area contributed by atoms with Crippen molar-refractivity contribution in [3.63, 3.8) is 0 Å². The van der Waals surface area contributed by atoms with E-state index >= 15 is 0 Å². The molecule has 1 amide bonds. The number of rotatable bonds is 7. The van der Waals surface area contributed by atoms with Gasteiger partial charge in [0.05, 0.1) is 20.8 Å². The average molecular weight is 550 g/mol. The number of aliphatic imine (C=N–C) groups is 1. The van der Waals surface area contributed by atoms with Gasteiger partial charge in [-0.15, -0.1) is 24.0 Å². The van der Waals surface area contributed by atoms with Crippen LogP contribution in [0.5, 0.6) is 17.2 Å². The summed E-state index contributed by atoms with van der Waals surface area (Å²) in [5.74, 6) is 2.53. The molecule has 2 N–H and O–H groups in total. The Morgan fingerprint density at radius 1 is 1.00 bits per heavy atom. The van der Waals surface area contributed by atoms with Crippen molar-refractivity contribution in [2.75, 3.05) is 53.6 Å². The number of methoxy groups -OCH3 is 2. The first-order chi connectivity index (χ1) is 14.2. The van der Waals surface area contributed by atoms with Crippen molar-refractivity contribution >= 4 is 36.0 Å². The summed E-state index contributed by atoms with van der Waals surface area (Å²) in [6.07, 6.45) is 0.432. The number of hydrogen-bond donors (Lipinski definition) is 1. The topological polar surface area (TPSA) is 98.8 Å². The molecular formula is C21H35IN4O5. The van der Waals surface area contributed by atoms with Crippen molar-refractivity contribution in [1.29, 1.82) is 0 Å². The van der Waals surface area contributed by atoms with E-state index in [0.717, 1.165) is 6.42 Å². The maximum atomic E-state index is 12.1. The molecule has 0 bridgehead atoms. The van der Waals surface area contributed by atoms with E-state index in [1.54, 1.807) is 25.2 Å². The predicted octanol–water partition coefficient (Wildman–Crippen LogP) is 2.96. The zero-order valence-electron chi connectivity index (χ0n) is 19.1. The molecule has 0 aromatic heterocycles. The molecule has 9 nitrogen and oxygen atoms in total. The van der Waals surface area contributed by atoms with Gasteiger partial charge in [-0.05, 0) is 20.8 Å². The lowest BCUT2D eigenvalue weighted by Crippen LogP contribution is -2.53. The number of hydrogen-bond acceptors (Lipinski definition) is 6. The van der Waals surface area contributed by atoms with Crippen LogP contribution in [0.2, 0.25) is 0 Å². The summed E-state index contributed by atoms with van der Waals surface area (Å²) in [6.45, 7) is 9.03. The van der Waals surface area contributed by atoms with Crippen LogP contribution in [0.15, 0.2) is 23.2 Å². The molecule has 2 rings (SSSR count). The molecule has 31 heavy (non-hydrogen) atoms. The molecule has 0 aliphatic carbocycles. The molecule has 10 heteroatoms. The van der Waals surface area contributed by atoms with Crippen LogP contribution >= 0.6 is 24.0 Å². The maximum Gasteiger partial charge on any atom is 0.410 e. The van der Waals surface area contributed by atoms with Gasteiger partial charge in [0.2, 0.25) is 0 Å². The van der Waals surface area contributed by atoms with E-state index in [1.807, 2.05) is 37.8 Å². The first-order valence-electron chi connectivity index (χ1n) is 10.1. The van der Waals surface area contributed by atoms with Crippen molar-refractivity contribution in [2.45, 2.75) is 32.8 Å². The highest BCUT2D eigenvalue weighted by molar-refractivity contribution is 14.0. The molecular weight excluding hydrogens is 515 g/mol. The van der Waals surface area contributed by atoms with Crippen molar-refractivity contribution in [3.8, 4) is 17.2 Å². The lowest BCUT2D eigenvalue weighted by Gasteiger charge is -2.36. The summed E-state index contributed by atoms with van der Waals surface area (Å²) < 4.78 is 21.6. The monoisotopic (exact) mass is 550 g/mol. The van der Waals surface area contributed by atoms with Crippen molar-refractivity contribution < 1.29 is 23.7 Å². The maximum absolute atomic E-state index is 12.1. The van der Waals surface area contributed by atoms with Gasteiger partial charge < -0.3 is 34.5 Å². The largest absolute Gasteiger partial charge is 0.496 e. The number of halogens is 1. The number of nitrogens with two attached hydrogens (primary N) is 1. The summed E-state index contributed by atoms with van der Waals surface area (Å²) in [7, 11) is 3.20. The Kier molecular flexibility index (Phi) is 11.0. The zero-order chi connectivity index (χ0) is 22.1. The van der Waals surface area contributed by atoms with Crippen LogP contribution in [0.1, 0.15) is 27.2 Å². The molecule has 0 radical (unpaired) electrons. The molecule has 1 fully saturated rings. The molecule has 0 atom stereocenters. The van der Waals surface area contributed by atoms with E-state index in [9.17, 15) is 4.79 Å². The number of piperazine rings is 1. The van der Waals surface area contributed by atoms with Crippen molar-refractivity contribution in [2.24, 2.45) is 10.7 Å². The normalized spacial score (nSPS) is 14.5. The molecule has 0 unspecified atom stereocenters. The number of nitrogens with zero attached hydrogens (tertiary/aromatic N) is 3. The van der Waals surface area contributed by atoms with Crippen molar-refractivity contribution in [1.82, 2.24) is 9.80 Å². The predicted molar refractivity (Wildman–Crippen MR) is 131 cm³/mol. The number of carbonyl (C=O) groups is 1. The quantitative estimate of drug-likeness (QED) is 0.241. The first kappa shape index (κ1) is 26.9. The van der Waals surface area contributed by atoms with Gasteiger partial charge in [-0.3, -0.25) is 4.99 Å². The van der Waals surface area contributed by atoms with Gasteiger partial charge >= 0.3 is 6.09 Å². The van der Waals surface area contributed by atoms with Gasteiger partial charge in [-0.1, -0.05) is 0 Å². The lowest BCUT2D eigenvalue weighted by molar-refractivity contribution is 0.0186. The summed E-state index contributed by atoms with van der Waals surface area (Å²) in [5, 5.41) is 0. The molecule has 1 aliphatic rings. The van der Waals surface area contributed by atoms with Crippen molar-refractivity contribution in [3.05, 3.63) is 18.2 Å². The standard InChI is InChI=1S/C21H34N4O5.HI/c1-21(2,3)30-20(26)25-10-8-24(9-11-25)19(22)23-7-6-12-29-18-14-16(27-4)13-17(15-18)28-5;/h13-15H,6-12H2,1-5H3,(H2,22,23);1H. The fraction of sp³-hybridized carbons (Fsp3) is 0.619. The minimum atomic E-state index is -0.493. The van der Waals surface area contributed by atoms with Gasteiger partial charge in [0.1, 0.15) is 22.8 Å². The van der Waals surface area contributed by atoms with Crippen LogP contribution in [0.25, 0.3) is 0 Å². The molecule has 1 aromatic rings. The van der Waals surface area contributed by atoms with Crippen LogP contribution in [-0.2, 0) is 4.74 Å². The van der Waals surface area contributed by atoms with E-state index in [-0.39, 0.29) is 30.1 Å². The van der Waals surface area contributed by atoms with Gasteiger partial charge in [-0.2, -0.15) is 0 Å². The minimum Gasteiger partial charge on any atom is -0.496 e. The molecule has 0 saturated carbocycles. The smallest absolute Gasteiger partial charge is 0.410 e. The van der Waals surface area contributed by atoms with Gasteiger partial charge in [0.15, 0.2) is 5.96 Å². The van der Waals surface area contributed by atoms with Crippen LogP contribution in [0, 0.1) is 0 Å². The Labute approximate surface area is 201 Å². The van der Waals surface area contributed by atoms with E-state index in [0.29, 0.717) is 62.5 Å². The van der Waals surface area contributed by atoms with Crippen LogP contribution in [0.3, 0.4) is 0 Å². The Morgan fingerprint density at radius 3 is 2.03 bits per heavy atom. The van der Waals surface area contributed by atoms with Gasteiger partial charge in [-0.25, -0.2) is 4.79 Å². The summed E-state index contributed by atoms with van der Waals surface area (Å²) in [5.41, 5.74) is 5.61. The third-order valence-electron chi connectivity index (χ3n) is 4.43. The number of guanidine groups is 1. The highest BCUT2D eigenvalue weighted by Crippen LogP contribution is 2.27. The highest BCUT2D eigenvalue weighted by Gasteiger charge is 2.26. The second-order valence-electron chi connectivity index (χ2n) is 7.94. The first-order valence-corrected chi connectivity index (χ1v) is 10.1. The Bertz CT molecular complexity index is 709. The van der Waals surface area contributed by atoms with Crippen LogP contribution in [0.4, 0.5) is 4.79 Å². The molecule has 0 spiro atoms. The summed E-state index contributed by atoms with van der Waals surface area (Å²) in [6, 6.07) is 5.41. The Balaban J connectivity index is 0.00000480. The van der Waals surface area contributed by atoms with Crippen LogP contribution < -0.4 is 19.9 Å². The fourth-order valence-corrected chi connectivity index (χ4v) is 2.86. The van der Waals surface area contributed by atoms with Gasteiger partial charge in [0.25, 0.3) is 0 Å². The molecule has 1 aliphatic heterocycles. The molecule has 1 aromatic carbocycles. The third kappa shape index (κ3) is 9.28. The second kappa shape index (κ2) is 12.7. The lowest BCUT2D eigenvalue weighted by atomic mass is 10.2. The second-order valence-corrected chi connectivity index (χ2v) is 7.94. The molecule has 1 heterocycles. The molecule has 176 valence electrons. The average Bonchev–Trinajstić information content (AvgIpc) is 2.71.